The first kappa shape index (κ1) is 13.8. The lowest BCUT2D eigenvalue weighted by Crippen LogP contribution is -2.38. The van der Waals surface area contributed by atoms with Gasteiger partial charge in [-0.1, -0.05) is 17.7 Å². The molecule has 1 aliphatic heterocycles. The summed E-state index contributed by atoms with van der Waals surface area (Å²) in [6.45, 7) is 2.75. The first-order valence-electron chi connectivity index (χ1n) is 6.27. The van der Waals surface area contributed by atoms with Crippen molar-refractivity contribution < 1.29 is 9.47 Å². The van der Waals surface area contributed by atoms with Crippen LogP contribution in [0.25, 0.3) is 0 Å². The van der Waals surface area contributed by atoms with Crippen molar-refractivity contribution in [2.45, 2.75) is 24.8 Å². The molecule has 0 amide bonds. The maximum Gasteiger partial charge on any atom is 0.0560 e. The van der Waals surface area contributed by atoms with Crippen LogP contribution >= 0.6 is 11.6 Å². The minimum absolute atomic E-state index is 0.0157. The lowest BCUT2D eigenvalue weighted by Gasteiger charge is -2.37. The number of rotatable bonds is 4. The highest BCUT2D eigenvalue weighted by Gasteiger charge is 2.34. The number of hydrogen-bond donors (Lipinski definition) is 1. The fraction of sp³-hybridized carbons (Fsp3) is 0.571. The van der Waals surface area contributed by atoms with Gasteiger partial charge in [-0.3, -0.25) is 0 Å². The van der Waals surface area contributed by atoms with Crippen molar-refractivity contribution in [1.29, 1.82) is 0 Å². The maximum absolute atomic E-state index is 6.18. The van der Waals surface area contributed by atoms with Gasteiger partial charge in [-0.15, -0.1) is 0 Å². The second kappa shape index (κ2) is 6.02. The second-order valence-corrected chi connectivity index (χ2v) is 5.31. The van der Waals surface area contributed by atoms with Gasteiger partial charge in [0, 0.05) is 37.3 Å². The molecule has 1 aromatic carbocycles. The minimum atomic E-state index is 0.0157. The Hall–Kier alpha value is -0.610. The van der Waals surface area contributed by atoms with Crippen molar-refractivity contribution in [3.63, 3.8) is 0 Å². The fourth-order valence-corrected chi connectivity index (χ4v) is 2.89. The summed E-state index contributed by atoms with van der Waals surface area (Å²) in [5.74, 6) is 0. The van der Waals surface area contributed by atoms with Crippen molar-refractivity contribution in [3.05, 3.63) is 34.3 Å². The van der Waals surface area contributed by atoms with E-state index in [1.165, 1.54) is 5.56 Å². The SMILES string of the molecule is COCC1(c2cc(Cl)cc(CN)c2)CCOCC1. The van der Waals surface area contributed by atoms with Gasteiger partial charge < -0.3 is 15.2 Å². The molecule has 1 heterocycles. The molecule has 0 radical (unpaired) electrons. The van der Waals surface area contributed by atoms with E-state index < -0.39 is 0 Å². The molecule has 2 N–H and O–H groups in total. The standard InChI is InChI=1S/C14H20ClNO2/c1-17-10-14(2-4-18-5-3-14)12-6-11(9-16)7-13(15)8-12/h6-8H,2-5,9-10,16H2,1H3. The average Bonchev–Trinajstić information content (AvgIpc) is 2.39. The molecule has 1 aliphatic rings. The topological polar surface area (TPSA) is 44.5 Å². The van der Waals surface area contributed by atoms with Crippen molar-refractivity contribution in [3.8, 4) is 0 Å². The monoisotopic (exact) mass is 269 g/mol. The summed E-state index contributed by atoms with van der Waals surface area (Å²) >= 11 is 6.18. The quantitative estimate of drug-likeness (QED) is 0.913. The van der Waals surface area contributed by atoms with E-state index in [-0.39, 0.29) is 5.41 Å². The van der Waals surface area contributed by atoms with E-state index in [2.05, 4.69) is 6.07 Å². The van der Waals surface area contributed by atoms with Crippen LogP contribution in [0, 0.1) is 0 Å². The lowest BCUT2D eigenvalue weighted by atomic mass is 9.74. The molecule has 1 saturated heterocycles. The Balaban J connectivity index is 2.37. The molecular weight excluding hydrogens is 250 g/mol. The molecule has 4 heteroatoms. The van der Waals surface area contributed by atoms with Crippen LogP contribution in [-0.4, -0.2) is 26.9 Å². The van der Waals surface area contributed by atoms with E-state index in [9.17, 15) is 0 Å². The van der Waals surface area contributed by atoms with Crippen molar-refractivity contribution in [2.24, 2.45) is 5.73 Å². The Kier molecular flexibility index (Phi) is 4.62. The highest BCUT2D eigenvalue weighted by molar-refractivity contribution is 6.30. The van der Waals surface area contributed by atoms with Gasteiger partial charge in [-0.2, -0.15) is 0 Å². The Morgan fingerprint density at radius 3 is 2.67 bits per heavy atom. The number of halogens is 1. The highest BCUT2D eigenvalue weighted by Crippen LogP contribution is 2.36. The summed E-state index contributed by atoms with van der Waals surface area (Å²) in [4.78, 5) is 0. The van der Waals surface area contributed by atoms with Gasteiger partial charge in [-0.05, 0) is 36.1 Å². The molecule has 0 bridgehead atoms. The summed E-state index contributed by atoms with van der Waals surface area (Å²) in [5, 5.41) is 0.745. The smallest absolute Gasteiger partial charge is 0.0560 e. The zero-order valence-electron chi connectivity index (χ0n) is 10.7. The van der Waals surface area contributed by atoms with E-state index in [0.717, 1.165) is 36.6 Å². The third kappa shape index (κ3) is 2.86. The van der Waals surface area contributed by atoms with Crippen LogP contribution < -0.4 is 5.73 Å². The van der Waals surface area contributed by atoms with Crippen molar-refractivity contribution in [2.75, 3.05) is 26.9 Å². The van der Waals surface area contributed by atoms with Crippen LogP contribution in [0.2, 0.25) is 5.02 Å². The van der Waals surface area contributed by atoms with Crippen LogP contribution in [0.3, 0.4) is 0 Å². The van der Waals surface area contributed by atoms with Crippen molar-refractivity contribution >= 4 is 11.6 Å². The fourth-order valence-electron chi connectivity index (χ4n) is 2.63. The molecule has 1 fully saturated rings. The predicted octanol–water partition coefficient (Wildman–Crippen LogP) is 2.49. The molecule has 0 aromatic heterocycles. The second-order valence-electron chi connectivity index (χ2n) is 4.88. The third-order valence-electron chi connectivity index (χ3n) is 3.68. The van der Waals surface area contributed by atoms with E-state index in [0.29, 0.717) is 13.2 Å². The Morgan fingerprint density at radius 1 is 1.33 bits per heavy atom. The summed E-state index contributed by atoms with van der Waals surface area (Å²) < 4.78 is 10.9. The molecule has 18 heavy (non-hydrogen) atoms. The van der Waals surface area contributed by atoms with Crippen LogP contribution in [0.15, 0.2) is 18.2 Å². The summed E-state index contributed by atoms with van der Waals surface area (Å²) in [5.41, 5.74) is 8.03. The van der Waals surface area contributed by atoms with Crippen LogP contribution in [0.1, 0.15) is 24.0 Å². The van der Waals surface area contributed by atoms with Gasteiger partial charge in [0.15, 0.2) is 0 Å². The third-order valence-corrected chi connectivity index (χ3v) is 3.89. The van der Waals surface area contributed by atoms with E-state index in [4.69, 9.17) is 26.8 Å². The average molecular weight is 270 g/mol. The van der Waals surface area contributed by atoms with E-state index in [1.54, 1.807) is 7.11 Å². The first-order chi connectivity index (χ1) is 8.70. The molecule has 1 aromatic rings. The zero-order valence-corrected chi connectivity index (χ0v) is 11.5. The first-order valence-corrected chi connectivity index (χ1v) is 6.65. The maximum atomic E-state index is 6.18. The van der Waals surface area contributed by atoms with Crippen molar-refractivity contribution in [1.82, 2.24) is 0 Å². The molecule has 0 atom stereocenters. The number of methoxy groups -OCH3 is 1. The minimum Gasteiger partial charge on any atom is -0.384 e. The zero-order chi connectivity index (χ0) is 13.0. The predicted molar refractivity (Wildman–Crippen MR) is 73.0 cm³/mol. The van der Waals surface area contributed by atoms with Gasteiger partial charge in [0.25, 0.3) is 0 Å². The lowest BCUT2D eigenvalue weighted by molar-refractivity contribution is 0.0136. The largest absolute Gasteiger partial charge is 0.384 e. The van der Waals surface area contributed by atoms with Gasteiger partial charge in [-0.25, -0.2) is 0 Å². The van der Waals surface area contributed by atoms with Gasteiger partial charge in [0.2, 0.25) is 0 Å². The molecule has 2 rings (SSSR count). The Morgan fingerprint density at radius 2 is 2.06 bits per heavy atom. The van der Waals surface area contributed by atoms with Crippen LogP contribution in [0.4, 0.5) is 0 Å². The molecule has 3 nitrogen and oxygen atoms in total. The molecule has 0 aliphatic carbocycles. The van der Waals surface area contributed by atoms with Gasteiger partial charge in [0.1, 0.15) is 0 Å². The molecular formula is C14H20ClNO2. The number of hydrogen-bond acceptors (Lipinski definition) is 3. The van der Waals surface area contributed by atoms with Gasteiger partial charge in [0.05, 0.1) is 6.61 Å². The molecule has 0 unspecified atom stereocenters. The normalized spacial score (nSPS) is 18.8. The number of nitrogens with two attached hydrogens (primary N) is 1. The number of benzene rings is 1. The van der Waals surface area contributed by atoms with E-state index in [1.807, 2.05) is 12.1 Å². The number of ether oxygens (including phenoxy) is 2. The molecule has 0 spiro atoms. The summed E-state index contributed by atoms with van der Waals surface area (Å²) in [6, 6.07) is 6.10. The highest BCUT2D eigenvalue weighted by atomic mass is 35.5. The summed E-state index contributed by atoms with van der Waals surface area (Å²) in [6.07, 6.45) is 1.93. The van der Waals surface area contributed by atoms with Gasteiger partial charge >= 0.3 is 0 Å². The van der Waals surface area contributed by atoms with Crippen LogP contribution in [0.5, 0.6) is 0 Å². The van der Waals surface area contributed by atoms with E-state index >= 15 is 0 Å². The molecule has 0 saturated carbocycles. The summed E-state index contributed by atoms with van der Waals surface area (Å²) in [7, 11) is 1.74. The Bertz CT molecular complexity index is 397. The van der Waals surface area contributed by atoms with Crippen LogP contribution in [-0.2, 0) is 21.4 Å². The Labute approximate surface area is 113 Å². The molecule has 100 valence electrons.